The first kappa shape index (κ1) is 15.6. The number of hydrogen-bond acceptors (Lipinski definition) is 7. The zero-order valence-electron chi connectivity index (χ0n) is 11.9. The molecule has 10 nitrogen and oxygen atoms in total. The van der Waals surface area contributed by atoms with Gasteiger partial charge in [0.2, 0.25) is 11.8 Å². The van der Waals surface area contributed by atoms with E-state index in [1.165, 1.54) is 0 Å². The van der Waals surface area contributed by atoms with Crippen LogP contribution in [0.15, 0.2) is 21.9 Å². The van der Waals surface area contributed by atoms with Crippen molar-refractivity contribution in [3.05, 3.63) is 33.1 Å². The van der Waals surface area contributed by atoms with Crippen LogP contribution in [0.4, 0.5) is 0 Å². The standard InChI is InChI=1S/C13H15N3O7/c17-5-6-11(21)10(16-8(19)1-2-9(16)20)12(23-6)15-4-3-7(18)14-13(15)22/h3-4,6,10-12,17,21H,1-2,5H2,(H,14,18,22)/t6-,10-,11-,12-/m1/s1. The molecule has 0 aliphatic carbocycles. The minimum Gasteiger partial charge on any atom is -0.394 e. The van der Waals surface area contributed by atoms with Gasteiger partial charge in [0.15, 0.2) is 6.23 Å². The molecule has 3 rings (SSSR count). The molecular weight excluding hydrogens is 310 g/mol. The molecule has 4 atom stereocenters. The van der Waals surface area contributed by atoms with Gasteiger partial charge in [-0.25, -0.2) is 4.79 Å². The van der Waals surface area contributed by atoms with Crippen molar-refractivity contribution < 1.29 is 24.5 Å². The van der Waals surface area contributed by atoms with Gasteiger partial charge in [-0.3, -0.25) is 28.8 Å². The van der Waals surface area contributed by atoms with Crippen molar-refractivity contribution in [3.63, 3.8) is 0 Å². The highest BCUT2D eigenvalue weighted by Gasteiger charge is 2.52. The molecule has 2 amide bonds. The summed E-state index contributed by atoms with van der Waals surface area (Å²) in [5.41, 5.74) is -1.43. The average Bonchev–Trinajstić information content (AvgIpc) is 2.99. The molecule has 2 aliphatic rings. The van der Waals surface area contributed by atoms with Gasteiger partial charge in [-0.2, -0.15) is 0 Å². The first-order chi connectivity index (χ1) is 10.9. The van der Waals surface area contributed by atoms with Gasteiger partial charge in [0.05, 0.1) is 6.61 Å². The van der Waals surface area contributed by atoms with E-state index in [-0.39, 0.29) is 12.8 Å². The van der Waals surface area contributed by atoms with E-state index in [2.05, 4.69) is 0 Å². The fraction of sp³-hybridized carbons (Fsp3) is 0.538. The molecular formula is C13H15N3O7. The van der Waals surface area contributed by atoms with Gasteiger partial charge >= 0.3 is 5.69 Å². The first-order valence-corrected chi connectivity index (χ1v) is 7.05. The number of imide groups is 1. The Balaban J connectivity index is 2.05. The molecule has 3 heterocycles. The van der Waals surface area contributed by atoms with Crippen molar-refractivity contribution in [3.8, 4) is 0 Å². The van der Waals surface area contributed by atoms with E-state index < -0.39 is 54.1 Å². The lowest BCUT2D eigenvalue weighted by molar-refractivity contribution is -0.145. The number of aliphatic hydroxyl groups excluding tert-OH is 2. The van der Waals surface area contributed by atoms with Crippen molar-refractivity contribution in [2.45, 2.75) is 37.3 Å². The Morgan fingerprint density at radius 2 is 1.87 bits per heavy atom. The van der Waals surface area contributed by atoms with Crippen LogP contribution < -0.4 is 11.2 Å². The minimum atomic E-state index is -1.35. The number of aromatic amines is 1. The lowest BCUT2D eigenvalue weighted by atomic mass is 10.1. The zero-order chi connectivity index (χ0) is 16.7. The number of nitrogens with zero attached hydrogens (tertiary/aromatic N) is 2. The third kappa shape index (κ3) is 2.50. The Morgan fingerprint density at radius 3 is 2.43 bits per heavy atom. The van der Waals surface area contributed by atoms with Crippen molar-refractivity contribution in [2.24, 2.45) is 0 Å². The highest BCUT2D eigenvalue weighted by atomic mass is 16.5. The summed E-state index contributed by atoms with van der Waals surface area (Å²) in [4.78, 5) is 49.9. The van der Waals surface area contributed by atoms with E-state index in [9.17, 15) is 29.4 Å². The summed E-state index contributed by atoms with van der Waals surface area (Å²) in [7, 11) is 0. The summed E-state index contributed by atoms with van der Waals surface area (Å²) in [5, 5.41) is 19.6. The molecule has 2 saturated heterocycles. The van der Waals surface area contributed by atoms with Crippen LogP contribution in [0.5, 0.6) is 0 Å². The maximum absolute atomic E-state index is 12.0. The largest absolute Gasteiger partial charge is 0.394 e. The highest BCUT2D eigenvalue weighted by Crippen LogP contribution is 2.34. The Morgan fingerprint density at radius 1 is 1.22 bits per heavy atom. The quantitative estimate of drug-likeness (QED) is 0.513. The number of aromatic nitrogens is 2. The summed E-state index contributed by atoms with van der Waals surface area (Å²) < 4.78 is 6.42. The van der Waals surface area contributed by atoms with Gasteiger partial charge in [0.25, 0.3) is 5.56 Å². The Bertz CT molecular complexity index is 738. The number of rotatable bonds is 3. The Kier molecular flexibility index (Phi) is 3.88. The third-order valence-corrected chi connectivity index (χ3v) is 4.03. The maximum atomic E-state index is 12.0. The second kappa shape index (κ2) is 5.72. The van der Waals surface area contributed by atoms with Crippen molar-refractivity contribution in [1.82, 2.24) is 14.5 Å². The second-order valence-corrected chi connectivity index (χ2v) is 5.40. The van der Waals surface area contributed by atoms with Crippen molar-refractivity contribution in [2.75, 3.05) is 6.61 Å². The van der Waals surface area contributed by atoms with Crippen molar-refractivity contribution >= 4 is 11.8 Å². The van der Waals surface area contributed by atoms with E-state index in [0.717, 1.165) is 21.7 Å². The smallest absolute Gasteiger partial charge is 0.330 e. The number of amides is 2. The summed E-state index contributed by atoms with van der Waals surface area (Å²) in [6, 6.07) is -0.0769. The normalized spacial score (nSPS) is 31.1. The molecule has 124 valence electrons. The van der Waals surface area contributed by atoms with Crippen LogP contribution >= 0.6 is 0 Å². The number of aliphatic hydroxyl groups is 2. The van der Waals surface area contributed by atoms with Gasteiger partial charge in [0.1, 0.15) is 18.2 Å². The molecule has 2 fully saturated rings. The predicted molar refractivity (Wildman–Crippen MR) is 73.2 cm³/mol. The topological polar surface area (TPSA) is 142 Å². The number of carbonyl (C=O) groups excluding carboxylic acids is 2. The molecule has 2 aliphatic heterocycles. The van der Waals surface area contributed by atoms with Crippen LogP contribution in [0.3, 0.4) is 0 Å². The number of likely N-dealkylation sites (tertiary alicyclic amines) is 1. The maximum Gasteiger partial charge on any atom is 0.330 e. The first-order valence-electron chi connectivity index (χ1n) is 7.05. The molecule has 23 heavy (non-hydrogen) atoms. The fourth-order valence-electron chi connectivity index (χ4n) is 2.94. The SMILES string of the molecule is O=C1CCC(=O)N1[C@@H]1[C@H](O)[C@@H](CO)O[C@H]1n1ccc(=O)[nH]c1=O. The summed E-state index contributed by atoms with van der Waals surface area (Å²) in [5.74, 6) is -0.965. The van der Waals surface area contributed by atoms with Crippen LogP contribution in [0, 0.1) is 0 Å². The molecule has 1 aromatic heterocycles. The van der Waals surface area contributed by atoms with Gasteiger partial charge in [-0.15, -0.1) is 0 Å². The molecule has 0 radical (unpaired) electrons. The summed E-state index contributed by atoms with van der Waals surface area (Å²) in [6.45, 7) is -0.553. The van der Waals surface area contributed by atoms with Gasteiger partial charge in [-0.1, -0.05) is 0 Å². The van der Waals surface area contributed by atoms with E-state index >= 15 is 0 Å². The predicted octanol–water partition coefficient (Wildman–Crippen LogP) is -2.70. The van der Waals surface area contributed by atoms with E-state index in [1.807, 2.05) is 4.98 Å². The van der Waals surface area contributed by atoms with Crippen LogP contribution in [0.1, 0.15) is 19.1 Å². The summed E-state index contributed by atoms with van der Waals surface area (Å²) in [6.07, 6.45) is -2.44. The Hall–Kier alpha value is -2.30. The molecule has 0 unspecified atom stereocenters. The minimum absolute atomic E-state index is 0.0130. The number of H-pyrrole nitrogens is 1. The molecule has 0 bridgehead atoms. The van der Waals surface area contributed by atoms with Gasteiger partial charge < -0.3 is 14.9 Å². The number of hydrogen-bond donors (Lipinski definition) is 3. The van der Waals surface area contributed by atoms with Gasteiger partial charge in [-0.05, 0) is 0 Å². The molecule has 0 aromatic carbocycles. The lowest BCUT2D eigenvalue weighted by Gasteiger charge is -2.29. The molecule has 1 aromatic rings. The Labute approximate surface area is 128 Å². The summed E-state index contributed by atoms with van der Waals surface area (Å²) >= 11 is 0. The molecule has 10 heteroatoms. The molecule has 0 saturated carbocycles. The highest BCUT2D eigenvalue weighted by molar-refractivity contribution is 6.02. The second-order valence-electron chi connectivity index (χ2n) is 5.40. The average molecular weight is 325 g/mol. The third-order valence-electron chi connectivity index (χ3n) is 4.03. The van der Waals surface area contributed by atoms with E-state index in [1.54, 1.807) is 0 Å². The molecule has 0 spiro atoms. The molecule has 3 N–H and O–H groups in total. The van der Waals surface area contributed by atoms with Crippen LogP contribution in [0.2, 0.25) is 0 Å². The van der Waals surface area contributed by atoms with E-state index in [4.69, 9.17) is 4.74 Å². The lowest BCUT2D eigenvalue weighted by Crippen LogP contribution is -2.50. The number of carbonyl (C=O) groups is 2. The number of nitrogens with one attached hydrogen (secondary N) is 1. The van der Waals surface area contributed by atoms with Crippen LogP contribution in [-0.4, -0.2) is 61.3 Å². The number of ether oxygens (including phenoxy) is 1. The zero-order valence-corrected chi connectivity index (χ0v) is 11.9. The monoisotopic (exact) mass is 325 g/mol. The van der Waals surface area contributed by atoms with E-state index in [0.29, 0.717) is 0 Å². The van der Waals surface area contributed by atoms with Crippen LogP contribution in [0.25, 0.3) is 0 Å². The van der Waals surface area contributed by atoms with Crippen molar-refractivity contribution in [1.29, 1.82) is 0 Å². The van der Waals surface area contributed by atoms with Gasteiger partial charge in [0, 0.05) is 25.1 Å². The van der Waals surface area contributed by atoms with Crippen LogP contribution in [-0.2, 0) is 14.3 Å². The fourth-order valence-corrected chi connectivity index (χ4v) is 2.94.